The van der Waals surface area contributed by atoms with Gasteiger partial charge in [0.05, 0.1) is 18.7 Å². The number of anilines is 1. The number of unbranched alkanes of at least 4 members (excludes halogenated alkanes) is 4. The predicted octanol–water partition coefficient (Wildman–Crippen LogP) is 7.50. The number of carbonyl (C=O) groups excluding carboxylic acids is 1. The number of hydrogen-bond acceptors (Lipinski definition) is 9. The van der Waals surface area contributed by atoms with Crippen LogP contribution in [-0.4, -0.2) is 68.8 Å². The number of piperazine rings is 1. The van der Waals surface area contributed by atoms with Crippen LogP contribution in [0.5, 0.6) is 11.6 Å². The minimum Gasteiger partial charge on any atom is -0.494 e. The first-order valence-electron chi connectivity index (χ1n) is 15.1. The molecule has 3 heterocycles. The first-order chi connectivity index (χ1) is 20.7. The Bertz CT molecular complexity index is 1420. The van der Waals surface area contributed by atoms with Crippen LogP contribution in [0, 0.1) is 0 Å². The van der Waals surface area contributed by atoms with E-state index in [9.17, 15) is 4.79 Å². The van der Waals surface area contributed by atoms with Crippen LogP contribution in [0.3, 0.4) is 0 Å². The fourth-order valence-corrected chi connectivity index (χ4v) is 6.01. The van der Waals surface area contributed by atoms with Crippen molar-refractivity contribution in [3.05, 3.63) is 60.0 Å². The van der Waals surface area contributed by atoms with E-state index >= 15 is 0 Å². The van der Waals surface area contributed by atoms with E-state index < -0.39 is 6.16 Å². The summed E-state index contributed by atoms with van der Waals surface area (Å²) in [6.45, 7) is 8.32. The van der Waals surface area contributed by atoms with Gasteiger partial charge in [0.25, 0.3) is 0 Å². The summed E-state index contributed by atoms with van der Waals surface area (Å²) in [6, 6.07) is 18.4. The smallest absolute Gasteiger partial charge is 0.494 e. The number of benzene rings is 2. The standard InChI is InChI=1S/C33H41N3O5S/c1-2-3-4-6-22-39-33(37)41-25-40-32-14-12-26-11-13-27(24-29(26)34-32)38-21-7-5-16-35-17-19-36(20-18-35)30-9-8-10-31-28(30)15-23-42-31/h8-15,23-24H,2-7,16-22,25H2,1H3. The first-order valence-corrected chi connectivity index (χ1v) is 16.0. The molecule has 0 N–H and O–H groups in total. The number of rotatable bonds is 15. The zero-order valence-corrected chi connectivity index (χ0v) is 25.3. The van der Waals surface area contributed by atoms with E-state index in [4.69, 9.17) is 18.9 Å². The van der Waals surface area contributed by atoms with Crippen LogP contribution in [-0.2, 0) is 9.47 Å². The van der Waals surface area contributed by atoms with Gasteiger partial charge < -0.3 is 23.8 Å². The highest BCUT2D eigenvalue weighted by molar-refractivity contribution is 7.17. The Morgan fingerprint density at radius 2 is 1.74 bits per heavy atom. The van der Waals surface area contributed by atoms with Gasteiger partial charge in [0.2, 0.25) is 12.7 Å². The molecule has 1 aliphatic heterocycles. The lowest BCUT2D eigenvalue weighted by Gasteiger charge is -2.36. The van der Waals surface area contributed by atoms with Crippen molar-refractivity contribution in [1.82, 2.24) is 9.88 Å². The third-order valence-corrected chi connectivity index (χ3v) is 8.44. The molecule has 0 saturated carbocycles. The average Bonchev–Trinajstić information content (AvgIpc) is 3.50. The van der Waals surface area contributed by atoms with Crippen molar-refractivity contribution in [2.75, 3.05) is 57.6 Å². The molecule has 0 spiro atoms. The number of carbonyl (C=O) groups is 1. The average molecular weight is 592 g/mol. The van der Waals surface area contributed by atoms with Gasteiger partial charge in [-0.3, -0.25) is 4.90 Å². The number of thiophene rings is 1. The molecule has 1 aliphatic rings. The number of ether oxygens (including phenoxy) is 4. The van der Waals surface area contributed by atoms with Gasteiger partial charge in [0, 0.05) is 59.5 Å². The van der Waals surface area contributed by atoms with Crippen molar-refractivity contribution in [3.63, 3.8) is 0 Å². The molecule has 0 amide bonds. The van der Waals surface area contributed by atoms with Crippen molar-refractivity contribution >= 4 is 44.2 Å². The van der Waals surface area contributed by atoms with Gasteiger partial charge in [-0.05, 0) is 67.6 Å². The predicted molar refractivity (Wildman–Crippen MR) is 169 cm³/mol. The molecule has 224 valence electrons. The number of pyridine rings is 1. The minimum absolute atomic E-state index is 0.248. The maximum atomic E-state index is 11.7. The topological polar surface area (TPSA) is 73.4 Å². The lowest BCUT2D eigenvalue weighted by atomic mass is 10.2. The van der Waals surface area contributed by atoms with Crippen LogP contribution in [0.1, 0.15) is 45.4 Å². The first kappa shape index (κ1) is 29.9. The lowest BCUT2D eigenvalue weighted by molar-refractivity contribution is 0.00269. The highest BCUT2D eigenvalue weighted by atomic mass is 32.1. The van der Waals surface area contributed by atoms with E-state index in [2.05, 4.69) is 51.4 Å². The summed E-state index contributed by atoms with van der Waals surface area (Å²) in [5, 5.41) is 4.54. The van der Waals surface area contributed by atoms with Crippen LogP contribution in [0.4, 0.5) is 10.5 Å². The molecule has 5 rings (SSSR count). The van der Waals surface area contributed by atoms with Crippen molar-refractivity contribution in [3.8, 4) is 11.6 Å². The summed E-state index contributed by atoms with van der Waals surface area (Å²) < 4.78 is 22.9. The molecule has 0 aliphatic carbocycles. The summed E-state index contributed by atoms with van der Waals surface area (Å²) >= 11 is 1.81. The molecule has 2 aromatic carbocycles. The van der Waals surface area contributed by atoms with Gasteiger partial charge in [-0.15, -0.1) is 11.3 Å². The molecule has 9 heteroatoms. The Kier molecular flexibility index (Phi) is 11.1. The molecule has 4 aromatic rings. The second kappa shape index (κ2) is 15.6. The van der Waals surface area contributed by atoms with E-state index in [0.717, 1.165) is 87.9 Å². The van der Waals surface area contributed by atoms with Gasteiger partial charge in [-0.1, -0.05) is 32.3 Å². The maximum absolute atomic E-state index is 11.7. The normalized spacial score (nSPS) is 13.9. The summed E-state index contributed by atoms with van der Waals surface area (Å²) in [6.07, 6.45) is 5.52. The molecule has 2 aromatic heterocycles. The Morgan fingerprint density at radius 3 is 2.62 bits per heavy atom. The molecule has 0 bridgehead atoms. The molecule has 42 heavy (non-hydrogen) atoms. The van der Waals surface area contributed by atoms with Crippen molar-refractivity contribution in [2.24, 2.45) is 0 Å². The third-order valence-electron chi connectivity index (χ3n) is 7.56. The lowest BCUT2D eigenvalue weighted by Crippen LogP contribution is -2.46. The van der Waals surface area contributed by atoms with E-state index in [1.165, 1.54) is 15.8 Å². The molecule has 1 fully saturated rings. The van der Waals surface area contributed by atoms with Gasteiger partial charge in [-0.2, -0.15) is 0 Å². The second-order valence-corrected chi connectivity index (χ2v) is 11.5. The number of aromatic nitrogens is 1. The van der Waals surface area contributed by atoms with Crippen molar-refractivity contribution in [1.29, 1.82) is 0 Å². The van der Waals surface area contributed by atoms with Gasteiger partial charge in [-0.25, -0.2) is 9.78 Å². The minimum atomic E-state index is -0.725. The van der Waals surface area contributed by atoms with Crippen LogP contribution < -0.4 is 14.4 Å². The molecule has 0 radical (unpaired) electrons. The van der Waals surface area contributed by atoms with Crippen LogP contribution in [0.2, 0.25) is 0 Å². The van der Waals surface area contributed by atoms with E-state index in [-0.39, 0.29) is 6.79 Å². The molecular formula is C33H41N3O5S. The third kappa shape index (κ3) is 8.49. The molecule has 0 atom stereocenters. The summed E-state index contributed by atoms with van der Waals surface area (Å²) in [5.74, 6) is 1.16. The number of fused-ring (bicyclic) bond motifs is 2. The fraction of sp³-hybridized carbons (Fsp3) is 0.455. The van der Waals surface area contributed by atoms with Crippen LogP contribution in [0.25, 0.3) is 21.0 Å². The highest BCUT2D eigenvalue weighted by Gasteiger charge is 2.18. The fourth-order valence-electron chi connectivity index (χ4n) is 5.21. The Labute approximate surface area is 252 Å². The zero-order chi connectivity index (χ0) is 29.0. The largest absolute Gasteiger partial charge is 0.511 e. The SMILES string of the molecule is CCCCCCOC(=O)OCOc1ccc2ccc(OCCCCN3CCN(c4cccc5sccc45)CC3)cc2n1. The van der Waals surface area contributed by atoms with Crippen molar-refractivity contribution in [2.45, 2.75) is 45.4 Å². The van der Waals surface area contributed by atoms with E-state index in [1.54, 1.807) is 6.07 Å². The molecule has 8 nitrogen and oxygen atoms in total. The highest BCUT2D eigenvalue weighted by Crippen LogP contribution is 2.31. The van der Waals surface area contributed by atoms with Gasteiger partial charge >= 0.3 is 6.16 Å². The Morgan fingerprint density at radius 1 is 0.881 bits per heavy atom. The zero-order valence-electron chi connectivity index (χ0n) is 24.5. The molecule has 0 unspecified atom stereocenters. The monoisotopic (exact) mass is 591 g/mol. The van der Waals surface area contributed by atoms with E-state index in [0.29, 0.717) is 19.1 Å². The van der Waals surface area contributed by atoms with Gasteiger partial charge in [0.15, 0.2) is 0 Å². The Balaban J connectivity index is 0.984. The summed E-state index contributed by atoms with van der Waals surface area (Å²) in [7, 11) is 0. The maximum Gasteiger partial charge on any atom is 0.511 e. The van der Waals surface area contributed by atoms with Crippen LogP contribution >= 0.6 is 11.3 Å². The quantitative estimate of drug-likeness (QED) is 0.0799. The second-order valence-electron chi connectivity index (χ2n) is 10.6. The Hall–Kier alpha value is -3.56. The number of nitrogens with zero attached hydrogens (tertiary/aromatic N) is 3. The summed E-state index contributed by atoms with van der Waals surface area (Å²) in [4.78, 5) is 21.3. The molecular weight excluding hydrogens is 550 g/mol. The summed E-state index contributed by atoms with van der Waals surface area (Å²) in [5.41, 5.74) is 2.13. The molecule has 1 saturated heterocycles. The van der Waals surface area contributed by atoms with Crippen LogP contribution in [0.15, 0.2) is 60.0 Å². The van der Waals surface area contributed by atoms with Gasteiger partial charge in [0.1, 0.15) is 5.75 Å². The number of hydrogen-bond donors (Lipinski definition) is 0. The van der Waals surface area contributed by atoms with Crippen molar-refractivity contribution < 1.29 is 23.7 Å². The van der Waals surface area contributed by atoms with E-state index in [1.807, 2.05) is 35.6 Å².